The van der Waals surface area contributed by atoms with Crippen LogP contribution in [-0.4, -0.2) is 21.4 Å². The first-order chi connectivity index (χ1) is 11.5. The fourth-order valence-electron chi connectivity index (χ4n) is 2.62. The van der Waals surface area contributed by atoms with Gasteiger partial charge in [-0.25, -0.2) is 0 Å². The molecule has 4 nitrogen and oxygen atoms in total. The molecule has 3 rings (SSSR count). The molecule has 0 aliphatic rings. The molecule has 1 atom stereocenters. The third kappa shape index (κ3) is 4.13. The van der Waals surface area contributed by atoms with Crippen LogP contribution in [0.3, 0.4) is 0 Å². The molecule has 126 valence electrons. The van der Waals surface area contributed by atoms with Crippen LogP contribution in [0, 0.1) is 4.77 Å². The molecular formula is C17H20ClN4S2+. The van der Waals surface area contributed by atoms with Crippen LogP contribution in [0.5, 0.6) is 0 Å². The SMILES string of the molecule is Cn1c(Cc2ccccc2)nn(C[NH+](C)Cc2ccc(Cl)s2)c1=S. The van der Waals surface area contributed by atoms with Gasteiger partial charge in [-0.15, -0.1) is 11.3 Å². The Balaban J connectivity index is 1.72. The quantitative estimate of drug-likeness (QED) is 0.667. The molecule has 2 heterocycles. The second-order valence-electron chi connectivity index (χ2n) is 5.92. The van der Waals surface area contributed by atoms with E-state index in [0.717, 1.165) is 34.6 Å². The standard InChI is InChI=1S/C17H19ClN4S2/c1-20(11-14-8-9-15(18)24-14)12-22-17(23)21(2)16(19-22)10-13-6-4-3-5-7-13/h3-9H,10-12H2,1-2H3/p+1. The Hall–Kier alpha value is -1.47. The third-order valence-electron chi connectivity index (χ3n) is 3.86. The van der Waals surface area contributed by atoms with E-state index in [-0.39, 0.29) is 0 Å². The fourth-order valence-corrected chi connectivity index (χ4v) is 4.04. The third-order valence-corrected chi connectivity index (χ3v) is 5.58. The molecule has 0 aliphatic carbocycles. The zero-order chi connectivity index (χ0) is 17.1. The Bertz CT molecular complexity index is 866. The van der Waals surface area contributed by atoms with Crippen molar-refractivity contribution >= 4 is 35.2 Å². The summed E-state index contributed by atoms with van der Waals surface area (Å²) < 4.78 is 5.50. The first-order valence-corrected chi connectivity index (χ1v) is 9.35. The van der Waals surface area contributed by atoms with Gasteiger partial charge in [-0.05, 0) is 29.9 Å². The van der Waals surface area contributed by atoms with E-state index in [4.69, 9.17) is 28.9 Å². The van der Waals surface area contributed by atoms with Gasteiger partial charge in [0.1, 0.15) is 12.4 Å². The van der Waals surface area contributed by atoms with Crippen LogP contribution in [-0.2, 0) is 26.7 Å². The fraction of sp³-hybridized carbons (Fsp3) is 0.294. The number of halogens is 1. The summed E-state index contributed by atoms with van der Waals surface area (Å²) in [7, 11) is 4.12. The van der Waals surface area contributed by atoms with E-state index in [1.165, 1.54) is 15.3 Å². The maximum Gasteiger partial charge on any atom is 0.202 e. The van der Waals surface area contributed by atoms with Crippen molar-refractivity contribution < 1.29 is 4.90 Å². The molecule has 0 saturated carbocycles. The Morgan fingerprint density at radius 3 is 2.62 bits per heavy atom. The Morgan fingerprint density at radius 2 is 1.96 bits per heavy atom. The molecule has 24 heavy (non-hydrogen) atoms. The van der Waals surface area contributed by atoms with Gasteiger partial charge in [0.15, 0.2) is 6.67 Å². The largest absolute Gasteiger partial charge is 0.314 e. The molecule has 7 heteroatoms. The first-order valence-electron chi connectivity index (χ1n) is 7.75. The zero-order valence-electron chi connectivity index (χ0n) is 13.7. The average molecular weight is 380 g/mol. The summed E-state index contributed by atoms with van der Waals surface area (Å²) in [6.45, 7) is 1.64. The molecule has 0 spiro atoms. The predicted molar refractivity (Wildman–Crippen MR) is 101 cm³/mol. The molecule has 1 unspecified atom stereocenters. The molecular weight excluding hydrogens is 360 g/mol. The number of thiophene rings is 1. The second kappa shape index (κ2) is 7.61. The number of benzene rings is 1. The summed E-state index contributed by atoms with van der Waals surface area (Å²) in [6, 6.07) is 14.4. The highest BCUT2D eigenvalue weighted by Crippen LogP contribution is 2.20. The summed E-state index contributed by atoms with van der Waals surface area (Å²) in [5, 5.41) is 4.72. The second-order valence-corrected chi connectivity index (χ2v) is 8.08. The van der Waals surface area contributed by atoms with Gasteiger partial charge in [-0.2, -0.15) is 9.78 Å². The zero-order valence-corrected chi connectivity index (χ0v) is 16.1. The minimum Gasteiger partial charge on any atom is -0.314 e. The highest BCUT2D eigenvalue weighted by Gasteiger charge is 2.13. The summed E-state index contributed by atoms with van der Waals surface area (Å²) in [6.07, 6.45) is 0.785. The van der Waals surface area contributed by atoms with Gasteiger partial charge in [0, 0.05) is 13.5 Å². The lowest BCUT2D eigenvalue weighted by Crippen LogP contribution is -3.06. The number of hydrogen-bond acceptors (Lipinski definition) is 3. The van der Waals surface area contributed by atoms with Crippen LogP contribution < -0.4 is 4.90 Å². The number of rotatable bonds is 6. The summed E-state index contributed by atoms with van der Waals surface area (Å²) in [5.74, 6) is 0.984. The van der Waals surface area contributed by atoms with Gasteiger partial charge < -0.3 is 9.47 Å². The van der Waals surface area contributed by atoms with Crippen LogP contribution in [0.25, 0.3) is 0 Å². The number of aromatic nitrogens is 3. The van der Waals surface area contributed by atoms with E-state index in [9.17, 15) is 0 Å². The van der Waals surface area contributed by atoms with E-state index in [1.54, 1.807) is 11.3 Å². The Morgan fingerprint density at radius 1 is 1.21 bits per heavy atom. The first kappa shape index (κ1) is 17.4. The van der Waals surface area contributed by atoms with E-state index in [0.29, 0.717) is 0 Å². The van der Waals surface area contributed by atoms with E-state index in [1.807, 2.05) is 40.6 Å². The van der Waals surface area contributed by atoms with Crippen molar-refractivity contribution in [2.45, 2.75) is 19.6 Å². The van der Waals surface area contributed by atoms with Gasteiger partial charge in [-0.1, -0.05) is 41.9 Å². The van der Waals surface area contributed by atoms with Crippen molar-refractivity contribution in [1.82, 2.24) is 14.3 Å². The molecule has 1 N–H and O–H groups in total. The smallest absolute Gasteiger partial charge is 0.202 e. The molecule has 0 radical (unpaired) electrons. The minimum atomic E-state index is 0.733. The van der Waals surface area contributed by atoms with Crippen molar-refractivity contribution in [3.63, 3.8) is 0 Å². The summed E-state index contributed by atoms with van der Waals surface area (Å²) >= 11 is 13.2. The highest BCUT2D eigenvalue weighted by molar-refractivity contribution is 7.71. The van der Waals surface area contributed by atoms with Gasteiger partial charge in [0.25, 0.3) is 0 Å². The van der Waals surface area contributed by atoms with Crippen molar-refractivity contribution in [3.8, 4) is 0 Å². The van der Waals surface area contributed by atoms with Crippen LogP contribution in [0.1, 0.15) is 16.3 Å². The number of nitrogens with one attached hydrogen (secondary N) is 1. The van der Waals surface area contributed by atoms with Crippen LogP contribution in [0.15, 0.2) is 42.5 Å². The molecule has 0 bridgehead atoms. The summed E-state index contributed by atoms with van der Waals surface area (Å²) in [5.41, 5.74) is 1.24. The maximum atomic E-state index is 6.00. The molecule has 0 aliphatic heterocycles. The van der Waals surface area contributed by atoms with Crippen LogP contribution in [0.4, 0.5) is 0 Å². The van der Waals surface area contributed by atoms with Crippen LogP contribution in [0.2, 0.25) is 4.34 Å². The lowest BCUT2D eigenvalue weighted by molar-refractivity contribution is -0.917. The molecule has 0 fully saturated rings. The van der Waals surface area contributed by atoms with Crippen molar-refractivity contribution in [2.75, 3.05) is 7.05 Å². The van der Waals surface area contributed by atoms with E-state index >= 15 is 0 Å². The number of nitrogens with zero attached hydrogens (tertiary/aromatic N) is 3. The highest BCUT2D eigenvalue weighted by atomic mass is 35.5. The minimum absolute atomic E-state index is 0.733. The molecule has 0 amide bonds. The van der Waals surface area contributed by atoms with E-state index < -0.39 is 0 Å². The Labute approximate surface area is 155 Å². The van der Waals surface area contributed by atoms with Crippen LogP contribution >= 0.6 is 35.2 Å². The van der Waals surface area contributed by atoms with Crippen molar-refractivity contribution in [3.05, 3.63) is 67.8 Å². The monoisotopic (exact) mass is 379 g/mol. The van der Waals surface area contributed by atoms with Gasteiger partial charge in [0.2, 0.25) is 4.77 Å². The van der Waals surface area contributed by atoms with Gasteiger partial charge in [-0.3, -0.25) is 0 Å². The predicted octanol–water partition coefficient (Wildman–Crippen LogP) is 2.93. The van der Waals surface area contributed by atoms with Crippen molar-refractivity contribution in [2.24, 2.45) is 7.05 Å². The van der Waals surface area contributed by atoms with Gasteiger partial charge in [0.05, 0.1) is 16.3 Å². The normalized spacial score (nSPS) is 12.5. The molecule has 3 aromatic rings. The number of hydrogen-bond donors (Lipinski definition) is 1. The maximum absolute atomic E-state index is 6.00. The summed E-state index contributed by atoms with van der Waals surface area (Å²) in [4.78, 5) is 2.58. The molecule has 1 aromatic carbocycles. The van der Waals surface area contributed by atoms with Gasteiger partial charge >= 0.3 is 0 Å². The topological polar surface area (TPSA) is 27.2 Å². The molecule has 2 aromatic heterocycles. The lowest BCUT2D eigenvalue weighted by Gasteiger charge is -2.12. The Kier molecular flexibility index (Phi) is 5.50. The molecule has 0 saturated heterocycles. The van der Waals surface area contributed by atoms with Crippen molar-refractivity contribution in [1.29, 1.82) is 0 Å². The van der Waals surface area contributed by atoms with E-state index in [2.05, 4.69) is 25.2 Å². The lowest BCUT2D eigenvalue weighted by atomic mass is 10.1. The number of quaternary nitrogens is 1. The average Bonchev–Trinajstić information content (AvgIpc) is 3.07.